The molecule has 1 aromatic heterocycles. The number of aromatic nitrogens is 1. The molecule has 1 heterocycles. The number of H-pyrrole nitrogens is 1. The number of hydrogen-bond acceptors (Lipinski definition) is 1. The summed E-state index contributed by atoms with van der Waals surface area (Å²) in [6.07, 6.45) is 0.673. The molecule has 0 aliphatic carbocycles. The minimum Gasteiger partial charge on any atom is -0.351 e. The summed E-state index contributed by atoms with van der Waals surface area (Å²) in [6.45, 7) is 0.514. The lowest BCUT2D eigenvalue weighted by Gasteiger charge is -2.04. The van der Waals surface area contributed by atoms with E-state index in [4.69, 9.17) is 0 Å². The van der Waals surface area contributed by atoms with E-state index in [9.17, 15) is 9.18 Å². The first-order valence-corrected chi connectivity index (χ1v) is 6.83. The first-order chi connectivity index (χ1) is 10.2. The summed E-state index contributed by atoms with van der Waals surface area (Å²) in [5, 5.41) is 3.87. The molecule has 0 spiro atoms. The highest BCUT2D eigenvalue weighted by molar-refractivity contribution is 5.97. The van der Waals surface area contributed by atoms with Crippen molar-refractivity contribution in [3.63, 3.8) is 0 Å². The minimum atomic E-state index is -0.249. The van der Waals surface area contributed by atoms with E-state index in [-0.39, 0.29) is 11.7 Å². The number of hydrogen-bond donors (Lipinski definition) is 2. The fourth-order valence-corrected chi connectivity index (χ4v) is 2.26. The van der Waals surface area contributed by atoms with Gasteiger partial charge < -0.3 is 10.3 Å². The molecule has 2 N–H and O–H groups in total. The van der Waals surface area contributed by atoms with E-state index in [0.717, 1.165) is 16.5 Å². The van der Waals surface area contributed by atoms with Gasteiger partial charge in [0.1, 0.15) is 11.5 Å². The lowest BCUT2D eigenvalue weighted by molar-refractivity contribution is 0.0950. The molecule has 21 heavy (non-hydrogen) atoms. The van der Waals surface area contributed by atoms with Crippen LogP contribution < -0.4 is 5.32 Å². The Hall–Kier alpha value is -2.62. The molecule has 0 bridgehead atoms. The van der Waals surface area contributed by atoms with E-state index in [0.29, 0.717) is 18.7 Å². The number of carbonyl (C=O) groups is 1. The summed E-state index contributed by atoms with van der Waals surface area (Å²) in [5.74, 6) is -0.380. The SMILES string of the molecule is O=C(NCCc1ccc(F)cc1)c1cc2ccccc2[nH]1. The molecule has 0 aliphatic rings. The van der Waals surface area contributed by atoms with Gasteiger partial charge in [-0.1, -0.05) is 30.3 Å². The van der Waals surface area contributed by atoms with Gasteiger partial charge in [-0.3, -0.25) is 4.79 Å². The van der Waals surface area contributed by atoms with Gasteiger partial charge in [-0.2, -0.15) is 0 Å². The van der Waals surface area contributed by atoms with E-state index in [1.54, 1.807) is 12.1 Å². The normalized spacial score (nSPS) is 10.7. The van der Waals surface area contributed by atoms with Gasteiger partial charge in [-0.05, 0) is 36.2 Å². The van der Waals surface area contributed by atoms with Crippen molar-refractivity contribution in [2.24, 2.45) is 0 Å². The van der Waals surface area contributed by atoms with Crippen molar-refractivity contribution in [1.29, 1.82) is 0 Å². The molecular weight excluding hydrogens is 267 g/mol. The van der Waals surface area contributed by atoms with Crippen molar-refractivity contribution in [1.82, 2.24) is 10.3 Å². The van der Waals surface area contributed by atoms with E-state index in [1.165, 1.54) is 12.1 Å². The minimum absolute atomic E-state index is 0.131. The predicted molar refractivity (Wildman–Crippen MR) is 80.7 cm³/mol. The molecule has 0 fully saturated rings. The van der Waals surface area contributed by atoms with Crippen LogP contribution in [0.2, 0.25) is 0 Å². The molecular formula is C17H15FN2O. The molecule has 3 rings (SSSR count). The summed E-state index contributed by atoms with van der Waals surface area (Å²) in [5.41, 5.74) is 2.49. The fourth-order valence-electron chi connectivity index (χ4n) is 2.26. The van der Waals surface area contributed by atoms with Gasteiger partial charge >= 0.3 is 0 Å². The zero-order chi connectivity index (χ0) is 14.7. The third-order valence-electron chi connectivity index (χ3n) is 3.39. The predicted octanol–water partition coefficient (Wildman–Crippen LogP) is 3.28. The zero-order valence-corrected chi connectivity index (χ0v) is 11.4. The molecule has 2 aromatic carbocycles. The van der Waals surface area contributed by atoms with Crippen LogP contribution >= 0.6 is 0 Å². The number of halogens is 1. The molecule has 106 valence electrons. The number of benzene rings is 2. The third kappa shape index (κ3) is 3.11. The Kier molecular flexibility index (Phi) is 3.69. The molecule has 3 nitrogen and oxygen atoms in total. The van der Waals surface area contributed by atoms with Crippen LogP contribution in [0.5, 0.6) is 0 Å². The monoisotopic (exact) mass is 282 g/mol. The van der Waals surface area contributed by atoms with Crippen molar-refractivity contribution in [3.8, 4) is 0 Å². The molecule has 0 saturated heterocycles. The molecule has 0 atom stereocenters. The second kappa shape index (κ2) is 5.79. The third-order valence-corrected chi connectivity index (χ3v) is 3.39. The van der Waals surface area contributed by atoms with Crippen molar-refractivity contribution in [2.45, 2.75) is 6.42 Å². The Morgan fingerprint density at radius 1 is 1.10 bits per heavy atom. The summed E-state index contributed by atoms with van der Waals surface area (Å²) < 4.78 is 12.8. The fraction of sp³-hybridized carbons (Fsp3) is 0.118. The lowest BCUT2D eigenvalue weighted by Crippen LogP contribution is -2.25. The van der Waals surface area contributed by atoms with Crippen molar-refractivity contribution < 1.29 is 9.18 Å². The van der Waals surface area contributed by atoms with Crippen molar-refractivity contribution in [3.05, 3.63) is 71.7 Å². The van der Waals surface area contributed by atoms with Crippen LogP contribution in [-0.2, 0) is 6.42 Å². The molecule has 0 saturated carbocycles. The summed E-state index contributed by atoms with van der Waals surface area (Å²) in [7, 11) is 0. The first kappa shape index (κ1) is 13.4. The van der Waals surface area contributed by atoms with Crippen LogP contribution in [0.1, 0.15) is 16.1 Å². The maximum absolute atomic E-state index is 12.8. The van der Waals surface area contributed by atoms with Gasteiger partial charge in [0.05, 0.1) is 0 Å². The maximum Gasteiger partial charge on any atom is 0.267 e. The molecule has 4 heteroatoms. The van der Waals surface area contributed by atoms with E-state index in [1.807, 2.05) is 30.3 Å². The van der Waals surface area contributed by atoms with Gasteiger partial charge in [0.15, 0.2) is 0 Å². The number of nitrogens with one attached hydrogen (secondary N) is 2. The van der Waals surface area contributed by atoms with Crippen LogP contribution in [0.15, 0.2) is 54.6 Å². The molecule has 1 amide bonds. The first-order valence-electron chi connectivity index (χ1n) is 6.83. The highest BCUT2D eigenvalue weighted by Gasteiger charge is 2.08. The molecule has 0 radical (unpaired) electrons. The molecule has 0 unspecified atom stereocenters. The summed E-state index contributed by atoms with van der Waals surface area (Å²) in [4.78, 5) is 15.1. The van der Waals surface area contributed by atoms with E-state index >= 15 is 0 Å². The molecule has 3 aromatic rings. The van der Waals surface area contributed by atoms with Gasteiger partial charge in [0.25, 0.3) is 5.91 Å². The van der Waals surface area contributed by atoms with Gasteiger partial charge in [-0.25, -0.2) is 4.39 Å². The van der Waals surface area contributed by atoms with Crippen LogP contribution in [0, 0.1) is 5.82 Å². The second-order valence-corrected chi connectivity index (χ2v) is 4.90. The topological polar surface area (TPSA) is 44.9 Å². The Morgan fingerprint density at radius 3 is 2.62 bits per heavy atom. The number of aromatic amines is 1. The summed E-state index contributed by atoms with van der Waals surface area (Å²) in [6, 6.07) is 15.9. The average Bonchev–Trinajstić information content (AvgIpc) is 2.93. The highest BCUT2D eigenvalue weighted by atomic mass is 19.1. The Balaban J connectivity index is 1.60. The number of carbonyl (C=O) groups excluding carboxylic acids is 1. The number of para-hydroxylation sites is 1. The Labute approximate surface area is 121 Å². The lowest BCUT2D eigenvalue weighted by atomic mass is 10.1. The smallest absolute Gasteiger partial charge is 0.267 e. The maximum atomic E-state index is 12.8. The quantitative estimate of drug-likeness (QED) is 0.758. The second-order valence-electron chi connectivity index (χ2n) is 4.90. The summed E-state index contributed by atoms with van der Waals surface area (Å²) >= 11 is 0. The molecule has 0 aliphatic heterocycles. The van der Waals surface area contributed by atoms with Crippen LogP contribution in [0.25, 0.3) is 10.9 Å². The van der Waals surface area contributed by atoms with Crippen molar-refractivity contribution >= 4 is 16.8 Å². The number of fused-ring (bicyclic) bond motifs is 1. The number of rotatable bonds is 4. The van der Waals surface area contributed by atoms with Gasteiger partial charge in [0.2, 0.25) is 0 Å². The Morgan fingerprint density at radius 2 is 1.86 bits per heavy atom. The Bertz CT molecular complexity index is 729. The average molecular weight is 282 g/mol. The van der Waals surface area contributed by atoms with Gasteiger partial charge in [-0.15, -0.1) is 0 Å². The zero-order valence-electron chi connectivity index (χ0n) is 11.4. The number of amides is 1. The van der Waals surface area contributed by atoms with E-state index in [2.05, 4.69) is 10.3 Å². The van der Waals surface area contributed by atoms with Crippen LogP contribution in [0.4, 0.5) is 4.39 Å². The van der Waals surface area contributed by atoms with Crippen molar-refractivity contribution in [2.75, 3.05) is 6.54 Å². The largest absolute Gasteiger partial charge is 0.351 e. The van der Waals surface area contributed by atoms with E-state index < -0.39 is 0 Å². The highest BCUT2D eigenvalue weighted by Crippen LogP contribution is 2.14. The van der Waals surface area contributed by atoms with Crippen LogP contribution in [-0.4, -0.2) is 17.4 Å². The standard InChI is InChI=1S/C17H15FN2O/c18-14-7-5-12(6-8-14)9-10-19-17(21)16-11-13-3-1-2-4-15(13)20-16/h1-8,11,20H,9-10H2,(H,19,21). The van der Waals surface area contributed by atoms with Gasteiger partial charge in [0, 0.05) is 17.4 Å². The van der Waals surface area contributed by atoms with Crippen LogP contribution in [0.3, 0.4) is 0 Å².